The Kier molecular flexibility index (Phi) is 4.47. The van der Waals surface area contributed by atoms with Crippen LogP contribution in [0.1, 0.15) is 19.8 Å². The molecule has 1 aromatic rings. The first kappa shape index (κ1) is 14.3. The molecule has 2 rings (SSSR count). The first-order valence-electron chi connectivity index (χ1n) is 6.18. The minimum Gasteiger partial charge on any atom is -0.341 e. The Hall–Kier alpha value is -1.07. The second-order valence-electron chi connectivity index (χ2n) is 4.86. The van der Waals surface area contributed by atoms with E-state index in [2.05, 4.69) is 12.0 Å². The van der Waals surface area contributed by atoms with Crippen molar-refractivity contribution in [2.24, 2.45) is 5.92 Å². The summed E-state index contributed by atoms with van der Waals surface area (Å²) >= 11 is 11.4. The fraction of sp³-hybridized carbons (Fsp3) is 0.583. The molecule has 0 bridgehead atoms. The molecule has 5 nitrogen and oxygen atoms in total. The van der Waals surface area contributed by atoms with Crippen molar-refractivity contribution >= 4 is 29.1 Å². The fourth-order valence-corrected chi connectivity index (χ4v) is 2.47. The standard InChI is InChI=1S/C12H15Cl2N3O2/c1-8-3-2-4-16(6-8)10(18)7-17-12(19)11(14)9(13)5-15-17/h5,8H,2-4,6-7H2,1H3/t8-/m0/s1. The predicted octanol–water partition coefficient (Wildman–Crippen LogP) is 1.81. The van der Waals surface area contributed by atoms with Crippen LogP contribution in [0.2, 0.25) is 10.0 Å². The van der Waals surface area contributed by atoms with Gasteiger partial charge < -0.3 is 4.90 Å². The van der Waals surface area contributed by atoms with Gasteiger partial charge in [-0.15, -0.1) is 0 Å². The van der Waals surface area contributed by atoms with Gasteiger partial charge in [0.25, 0.3) is 5.56 Å². The zero-order chi connectivity index (χ0) is 14.0. The molecule has 1 atom stereocenters. The van der Waals surface area contributed by atoms with E-state index in [4.69, 9.17) is 23.2 Å². The highest BCUT2D eigenvalue weighted by Crippen LogP contribution is 2.16. The van der Waals surface area contributed by atoms with Gasteiger partial charge in [0, 0.05) is 13.1 Å². The van der Waals surface area contributed by atoms with Gasteiger partial charge in [0.15, 0.2) is 0 Å². The van der Waals surface area contributed by atoms with Gasteiger partial charge in [0.1, 0.15) is 11.6 Å². The fourth-order valence-electron chi connectivity index (χ4n) is 2.20. The lowest BCUT2D eigenvalue weighted by atomic mass is 10.0. The zero-order valence-corrected chi connectivity index (χ0v) is 12.1. The van der Waals surface area contributed by atoms with E-state index in [0.29, 0.717) is 5.92 Å². The molecule has 1 fully saturated rings. The van der Waals surface area contributed by atoms with Crippen molar-refractivity contribution in [3.8, 4) is 0 Å². The summed E-state index contributed by atoms with van der Waals surface area (Å²) in [5, 5.41) is 3.83. The van der Waals surface area contributed by atoms with E-state index in [-0.39, 0.29) is 22.5 Å². The number of nitrogens with zero attached hydrogens (tertiary/aromatic N) is 3. The molecule has 2 heterocycles. The summed E-state index contributed by atoms with van der Waals surface area (Å²) < 4.78 is 1.05. The lowest BCUT2D eigenvalue weighted by Gasteiger charge is -2.30. The third-order valence-corrected chi connectivity index (χ3v) is 3.99. The van der Waals surface area contributed by atoms with Gasteiger partial charge in [-0.05, 0) is 18.8 Å². The number of halogens is 2. The van der Waals surface area contributed by atoms with Crippen LogP contribution in [0.5, 0.6) is 0 Å². The first-order chi connectivity index (χ1) is 8.99. The molecule has 0 aromatic carbocycles. The van der Waals surface area contributed by atoms with Gasteiger partial charge in [-0.3, -0.25) is 9.59 Å². The summed E-state index contributed by atoms with van der Waals surface area (Å²) in [6.45, 7) is 3.49. The molecule has 0 spiro atoms. The monoisotopic (exact) mass is 303 g/mol. The van der Waals surface area contributed by atoms with E-state index in [1.54, 1.807) is 4.90 Å². The van der Waals surface area contributed by atoms with Crippen molar-refractivity contribution in [1.29, 1.82) is 0 Å². The molecule has 1 aliphatic rings. The molecular formula is C12H15Cl2N3O2. The van der Waals surface area contributed by atoms with Crippen molar-refractivity contribution in [1.82, 2.24) is 14.7 Å². The van der Waals surface area contributed by atoms with Crippen LogP contribution < -0.4 is 5.56 Å². The van der Waals surface area contributed by atoms with Crippen LogP contribution >= 0.6 is 23.2 Å². The number of likely N-dealkylation sites (tertiary alicyclic amines) is 1. The Bertz CT molecular complexity index is 544. The number of piperidine rings is 1. The lowest BCUT2D eigenvalue weighted by molar-refractivity contribution is -0.133. The van der Waals surface area contributed by atoms with Crippen molar-refractivity contribution < 1.29 is 4.79 Å². The summed E-state index contributed by atoms with van der Waals surface area (Å²) in [6, 6.07) is 0. The van der Waals surface area contributed by atoms with Gasteiger partial charge in [-0.1, -0.05) is 30.1 Å². The average molecular weight is 304 g/mol. The highest BCUT2D eigenvalue weighted by Gasteiger charge is 2.22. The zero-order valence-electron chi connectivity index (χ0n) is 10.6. The quantitative estimate of drug-likeness (QED) is 0.837. The molecule has 1 aliphatic heterocycles. The number of hydrogen-bond acceptors (Lipinski definition) is 3. The molecule has 1 aromatic heterocycles. The highest BCUT2D eigenvalue weighted by molar-refractivity contribution is 6.41. The Labute approximate surface area is 121 Å². The average Bonchev–Trinajstić information content (AvgIpc) is 2.39. The maximum absolute atomic E-state index is 12.1. The maximum Gasteiger partial charge on any atom is 0.287 e. The second-order valence-corrected chi connectivity index (χ2v) is 5.64. The van der Waals surface area contributed by atoms with Crippen molar-refractivity contribution in [2.75, 3.05) is 13.1 Å². The third kappa shape index (κ3) is 3.28. The van der Waals surface area contributed by atoms with Gasteiger partial charge in [0.05, 0.1) is 11.2 Å². The molecule has 0 saturated carbocycles. The van der Waals surface area contributed by atoms with E-state index in [1.165, 1.54) is 6.20 Å². The summed E-state index contributed by atoms with van der Waals surface area (Å²) in [5.74, 6) is 0.385. The highest BCUT2D eigenvalue weighted by atomic mass is 35.5. The molecule has 7 heteroatoms. The van der Waals surface area contributed by atoms with Crippen LogP contribution in [0, 0.1) is 5.92 Å². The molecule has 1 saturated heterocycles. The summed E-state index contributed by atoms with van der Waals surface area (Å²) in [5.41, 5.74) is -0.535. The van der Waals surface area contributed by atoms with Crippen molar-refractivity contribution in [3.63, 3.8) is 0 Å². The van der Waals surface area contributed by atoms with Crippen molar-refractivity contribution in [2.45, 2.75) is 26.3 Å². The topological polar surface area (TPSA) is 55.2 Å². The van der Waals surface area contributed by atoms with E-state index in [1.807, 2.05) is 0 Å². The van der Waals surface area contributed by atoms with Crippen LogP contribution in [0.15, 0.2) is 11.0 Å². The van der Waals surface area contributed by atoms with Crippen LogP contribution in [-0.4, -0.2) is 33.7 Å². The van der Waals surface area contributed by atoms with Crippen LogP contribution in [0.25, 0.3) is 0 Å². The number of hydrogen-bond donors (Lipinski definition) is 0. The van der Waals surface area contributed by atoms with E-state index in [0.717, 1.165) is 30.6 Å². The number of carbonyl (C=O) groups excluding carboxylic acids is 1. The SMILES string of the molecule is C[C@H]1CCCN(C(=O)Cn2ncc(Cl)c(Cl)c2=O)C1. The number of aromatic nitrogens is 2. The minimum absolute atomic E-state index is 0.0948. The van der Waals surface area contributed by atoms with Crippen molar-refractivity contribution in [3.05, 3.63) is 26.6 Å². The molecule has 0 N–H and O–H groups in total. The van der Waals surface area contributed by atoms with Gasteiger partial charge in [0.2, 0.25) is 5.91 Å². The number of rotatable bonds is 2. The van der Waals surface area contributed by atoms with Gasteiger partial charge in [-0.25, -0.2) is 4.68 Å². The molecule has 1 amide bonds. The van der Waals surface area contributed by atoms with Gasteiger partial charge in [-0.2, -0.15) is 5.10 Å². The molecule has 19 heavy (non-hydrogen) atoms. The second kappa shape index (κ2) is 5.92. The molecule has 0 aliphatic carbocycles. The Morgan fingerprint density at radius 1 is 1.53 bits per heavy atom. The molecular weight excluding hydrogens is 289 g/mol. The normalized spacial score (nSPS) is 19.5. The largest absolute Gasteiger partial charge is 0.341 e. The van der Waals surface area contributed by atoms with Crippen LogP contribution in [-0.2, 0) is 11.3 Å². The van der Waals surface area contributed by atoms with Gasteiger partial charge >= 0.3 is 0 Å². The maximum atomic E-state index is 12.1. The van der Waals surface area contributed by atoms with Crippen LogP contribution in [0.3, 0.4) is 0 Å². The molecule has 0 radical (unpaired) electrons. The third-order valence-electron chi connectivity index (χ3n) is 3.24. The van der Waals surface area contributed by atoms with E-state index >= 15 is 0 Å². The molecule has 0 unspecified atom stereocenters. The summed E-state index contributed by atoms with van der Waals surface area (Å²) in [4.78, 5) is 25.7. The Morgan fingerprint density at radius 3 is 2.95 bits per heavy atom. The lowest BCUT2D eigenvalue weighted by Crippen LogP contribution is -2.42. The van der Waals surface area contributed by atoms with E-state index in [9.17, 15) is 9.59 Å². The smallest absolute Gasteiger partial charge is 0.287 e. The predicted molar refractivity (Wildman–Crippen MR) is 73.5 cm³/mol. The van der Waals surface area contributed by atoms with E-state index < -0.39 is 5.56 Å². The summed E-state index contributed by atoms with van der Waals surface area (Å²) in [7, 11) is 0. The number of carbonyl (C=O) groups is 1. The minimum atomic E-state index is -0.535. The molecule has 104 valence electrons. The first-order valence-corrected chi connectivity index (χ1v) is 6.93. The number of amides is 1. The Balaban J connectivity index is 2.11. The Morgan fingerprint density at radius 2 is 2.26 bits per heavy atom. The summed E-state index contributed by atoms with van der Waals surface area (Å²) in [6.07, 6.45) is 3.41. The van der Waals surface area contributed by atoms with Crippen LogP contribution in [0.4, 0.5) is 0 Å².